The second-order valence-electron chi connectivity index (χ2n) is 4.31. The van der Waals surface area contributed by atoms with Gasteiger partial charge >= 0.3 is 6.18 Å². The molecule has 0 saturated carbocycles. The smallest absolute Gasteiger partial charge is 0.396 e. The number of thiazole rings is 1. The molecule has 1 N–H and O–H groups in total. The average molecular weight is 328 g/mol. The van der Waals surface area contributed by atoms with Crippen LogP contribution < -0.4 is 0 Å². The molecule has 0 radical (unpaired) electrons. The SMILES string of the molecule is OCCCN(Cc1c(Cl)nc2sccn12)CC(F)(F)F. The lowest BCUT2D eigenvalue weighted by Crippen LogP contribution is -2.35. The Hall–Kier alpha value is -0.830. The summed E-state index contributed by atoms with van der Waals surface area (Å²) >= 11 is 7.34. The fourth-order valence-corrected chi connectivity index (χ4v) is 2.94. The van der Waals surface area contributed by atoms with Gasteiger partial charge in [0.25, 0.3) is 0 Å². The number of aromatic nitrogens is 2. The zero-order valence-corrected chi connectivity index (χ0v) is 12.0. The van der Waals surface area contributed by atoms with Crippen molar-refractivity contribution in [1.29, 1.82) is 0 Å². The topological polar surface area (TPSA) is 40.8 Å². The number of hydrogen-bond acceptors (Lipinski definition) is 4. The molecule has 20 heavy (non-hydrogen) atoms. The fourth-order valence-electron chi connectivity index (χ4n) is 1.92. The van der Waals surface area contributed by atoms with E-state index in [0.717, 1.165) is 0 Å². The summed E-state index contributed by atoms with van der Waals surface area (Å²) in [6, 6.07) is 0. The highest BCUT2D eigenvalue weighted by atomic mass is 35.5. The normalized spacial score (nSPS) is 12.7. The molecule has 112 valence electrons. The Morgan fingerprint density at radius 1 is 1.45 bits per heavy atom. The molecule has 0 amide bonds. The number of aliphatic hydroxyl groups is 1. The first-order valence-corrected chi connectivity index (χ1v) is 7.16. The van der Waals surface area contributed by atoms with Crippen LogP contribution in [-0.2, 0) is 6.54 Å². The zero-order chi connectivity index (χ0) is 14.8. The number of rotatable bonds is 6. The lowest BCUT2D eigenvalue weighted by atomic mass is 10.3. The van der Waals surface area contributed by atoms with E-state index in [2.05, 4.69) is 4.98 Å². The van der Waals surface area contributed by atoms with Gasteiger partial charge in [0, 0.05) is 31.3 Å². The van der Waals surface area contributed by atoms with Crippen LogP contribution in [-0.4, -0.2) is 45.3 Å². The highest BCUT2D eigenvalue weighted by Gasteiger charge is 2.31. The quantitative estimate of drug-likeness (QED) is 0.887. The second-order valence-corrected chi connectivity index (χ2v) is 5.54. The summed E-state index contributed by atoms with van der Waals surface area (Å²) in [5.41, 5.74) is 0.533. The van der Waals surface area contributed by atoms with Crippen molar-refractivity contribution >= 4 is 27.9 Å². The molecule has 0 unspecified atom stereocenters. The molecule has 0 saturated heterocycles. The lowest BCUT2D eigenvalue weighted by Gasteiger charge is -2.23. The van der Waals surface area contributed by atoms with Crippen LogP contribution >= 0.6 is 22.9 Å². The summed E-state index contributed by atoms with van der Waals surface area (Å²) in [5, 5.41) is 10.8. The highest BCUT2D eigenvalue weighted by Crippen LogP contribution is 2.24. The standard InChI is InChI=1S/C11H13ClF3N3OS/c12-9-8(18-3-5-20-10(18)16-9)6-17(2-1-4-19)7-11(13,14)15/h3,5,19H,1-2,4,6-7H2. The van der Waals surface area contributed by atoms with Gasteiger partial charge in [-0.05, 0) is 6.42 Å². The van der Waals surface area contributed by atoms with Gasteiger partial charge in [0.15, 0.2) is 10.1 Å². The molecule has 9 heteroatoms. The Balaban J connectivity index is 2.17. The Labute approximate surface area is 122 Å². The fraction of sp³-hybridized carbons (Fsp3) is 0.545. The van der Waals surface area contributed by atoms with Gasteiger partial charge in [0.1, 0.15) is 0 Å². The molecule has 0 aliphatic heterocycles. The van der Waals surface area contributed by atoms with Crippen molar-refractivity contribution < 1.29 is 18.3 Å². The van der Waals surface area contributed by atoms with Crippen molar-refractivity contribution in [1.82, 2.24) is 14.3 Å². The van der Waals surface area contributed by atoms with Gasteiger partial charge < -0.3 is 5.11 Å². The minimum absolute atomic E-state index is 0.0379. The van der Waals surface area contributed by atoms with Crippen LogP contribution in [0.15, 0.2) is 11.6 Å². The second kappa shape index (κ2) is 6.30. The molecule has 0 atom stereocenters. The summed E-state index contributed by atoms with van der Waals surface area (Å²) in [5.74, 6) is 0. The van der Waals surface area contributed by atoms with Crippen molar-refractivity contribution in [3.05, 3.63) is 22.4 Å². The summed E-state index contributed by atoms with van der Waals surface area (Å²) in [6.07, 6.45) is -2.29. The van der Waals surface area contributed by atoms with Crippen molar-refractivity contribution in [3.63, 3.8) is 0 Å². The number of alkyl halides is 3. The maximum absolute atomic E-state index is 12.6. The molecule has 0 aliphatic rings. The molecule has 2 heterocycles. The number of imidazole rings is 1. The van der Waals surface area contributed by atoms with Gasteiger partial charge in [-0.15, -0.1) is 11.3 Å². The van der Waals surface area contributed by atoms with Gasteiger partial charge in [-0.25, -0.2) is 4.98 Å². The number of halogens is 4. The third kappa shape index (κ3) is 3.85. The summed E-state index contributed by atoms with van der Waals surface area (Å²) in [6.45, 7) is -1.01. The van der Waals surface area contributed by atoms with Crippen LogP contribution in [0.25, 0.3) is 4.96 Å². The van der Waals surface area contributed by atoms with E-state index in [4.69, 9.17) is 16.7 Å². The molecule has 2 rings (SSSR count). The monoisotopic (exact) mass is 327 g/mol. The maximum atomic E-state index is 12.6. The van der Waals surface area contributed by atoms with E-state index in [1.807, 2.05) is 0 Å². The number of aliphatic hydroxyl groups excluding tert-OH is 1. The Bertz CT molecular complexity index is 569. The zero-order valence-electron chi connectivity index (χ0n) is 10.4. The van der Waals surface area contributed by atoms with Gasteiger partial charge in [0.2, 0.25) is 0 Å². The van der Waals surface area contributed by atoms with E-state index < -0.39 is 12.7 Å². The predicted octanol–water partition coefficient (Wildman–Crippen LogP) is 2.80. The van der Waals surface area contributed by atoms with E-state index in [0.29, 0.717) is 10.7 Å². The van der Waals surface area contributed by atoms with Crippen LogP contribution in [0.2, 0.25) is 5.15 Å². The largest absolute Gasteiger partial charge is 0.401 e. The third-order valence-electron chi connectivity index (χ3n) is 2.72. The molecular formula is C11H13ClF3N3OS. The number of nitrogens with zero attached hydrogens (tertiary/aromatic N) is 3. The molecule has 2 aromatic heterocycles. The Morgan fingerprint density at radius 3 is 2.85 bits per heavy atom. The van der Waals surface area contributed by atoms with Crippen LogP contribution in [0.4, 0.5) is 13.2 Å². The minimum Gasteiger partial charge on any atom is -0.396 e. The lowest BCUT2D eigenvalue weighted by molar-refractivity contribution is -0.147. The van der Waals surface area contributed by atoms with E-state index in [9.17, 15) is 13.2 Å². The van der Waals surface area contributed by atoms with Crippen LogP contribution in [0.5, 0.6) is 0 Å². The molecule has 2 aromatic rings. The molecular weight excluding hydrogens is 315 g/mol. The first-order chi connectivity index (χ1) is 9.40. The van der Waals surface area contributed by atoms with Gasteiger partial charge in [-0.3, -0.25) is 9.30 Å². The molecule has 0 spiro atoms. The molecule has 4 nitrogen and oxygen atoms in total. The van der Waals surface area contributed by atoms with E-state index in [1.54, 1.807) is 16.0 Å². The first-order valence-electron chi connectivity index (χ1n) is 5.90. The van der Waals surface area contributed by atoms with Crippen molar-refractivity contribution in [2.75, 3.05) is 19.7 Å². The van der Waals surface area contributed by atoms with Crippen molar-refractivity contribution in [2.24, 2.45) is 0 Å². The van der Waals surface area contributed by atoms with Crippen LogP contribution in [0, 0.1) is 0 Å². The maximum Gasteiger partial charge on any atom is 0.401 e. The summed E-state index contributed by atoms with van der Waals surface area (Å²) in [7, 11) is 0. The third-order valence-corrected chi connectivity index (χ3v) is 3.78. The minimum atomic E-state index is -4.29. The molecule has 0 bridgehead atoms. The van der Waals surface area contributed by atoms with E-state index in [1.165, 1.54) is 16.2 Å². The average Bonchev–Trinajstić information content (AvgIpc) is 2.88. The Morgan fingerprint density at radius 2 is 2.20 bits per heavy atom. The molecule has 0 aromatic carbocycles. The highest BCUT2D eigenvalue weighted by molar-refractivity contribution is 7.15. The summed E-state index contributed by atoms with van der Waals surface area (Å²) < 4.78 is 39.4. The van der Waals surface area contributed by atoms with E-state index in [-0.39, 0.29) is 31.3 Å². The van der Waals surface area contributed by atoms with Crippen LogP contribution in [0.1, 0.15) is 12.1 Å². The summed E-state index contributed by atoms with van der Waals surface area (Å²) in [4.78, 5) is 5.96. The van der Waals surface area contributed by atoms with Crippen molar-refractivity contribution in [2.45, 2.75) is 19.1 Å². The number of hydrogen-bond donors (Lipinski definition) is 1. The Kier molecular flexibility index (Phi) is 4.90. The molecule has 0 fully saturated rings. The van der Waals surface area contributed by atoms with Crippen LogP contribution in [0.3, 0.4) is 0 Å². The molecule has 0 aliphatic carbocycles. The first kappa shape index (κ1) is 15.6. The number of fused-ring (bicyclic) bond motifs is 1. The van der Waals surface area contributed by atoms with E-state index >= 15 is 0 Å². The van der Waals surface area contributed by atoms with Gasteiger partial charge in [-0.1, -0.05) is 11.6 Å². The van der Waals surface area contributed by atoms with Gasteiger partial charge in [-0.2, -0.15) is 13.2 Å². The predicted molar refractivity (Wildman–Crippen MR) is 71.1 cm³/mol. The van der Waals surface area contributed by atoms with Gasteiger partial charge in [0.05, 0.1) is 12.2 Å². The van der Waals surface area contributed by atoms with Crippen molar-refractivity contribution in [3.8, 4) is 0 Å².